The van der Waals surface area contributed by atoms with Crippen molar-refractivity contribution in [3.63, 3.8) is 0 Å². The summed E-state index contributed by atoms with van der Waals surface area (Å²) in [5, 5.41) is 4.26. The third kappa shape index (κ3) is 2.07. The minimum atomic E-state index is -0.104. The van der Waals surface area contributed by atoms with Crippen LogP contribution >= 0.6 is 0 Å². The van der Waals surface area contributed by atoms with E-state index >= 15 is 0 Å². The molecule has 2 aromatic rings. The molecule has 4 heteroatoms. The number of rotatable bonds is 2. The van der Waals surface area contributed by atoms with E-state index in [4.69, 9.17) is 0 Å². The van der Waals surface area contributed by atoms with Gasteiger partial charge in [-0.15, -0.1) is 0 Å². The van der Waals surface area contributed by atoms with E-state index in [0.717, 1.165) is 36.2 Å². The van der Waals surface area contributed by atoms with Gasteiger partial charge in [0.05, 0.1) is 22.9 Å². The maximum absolute atomic E-state index is 12.7. The summed E-state index contributed by atoms with van der Waals surface area (Å²) in [6.45, 7) is 1.88. The first-order chi connectivity index (χ1) is 9.16. The topological polar surface area (TPSA) is 47.8 Å². The molecule has 0 spiro atoms. The number of nitrogens with zero attached hydrogens (tertiary/aromatic N) is 3. The molecular formula is C15H17N3O. The normalized spacial score (nSPS) is 18.1. The van der Waals surface area contributed by atoms with Gasteiger partial charge in [-0.05, 0) is 37.8 Å². The van der Waals surface area contributed by atoms with Gasteiger partial charge in [-0.25, -0.2) is 0 Å². The van der Waals surface area contributed by atoms with Gasteiger partial charge < -0.3 is 0 Å². The minimum absolute atomic E-state index is 0.104. The number of Topliss-reactive ketones (excluding diaryl/α,β-unsaturated/α-hetero) is 1. The molecule has 0 N–H and O–H groups in total. The van der Waals surface area contributed by atoms with Crippen molar-refractivity contribution in [3.05, 3.63) is 47.0 Å². The molecule has 0 aliphatic heterocycles. The molecule has 1 unspecified atom stereocenters. The van der Waals surface area contributed by atoms with Crippen LogP contribution in [0.2, 0.25) is 0 Å². The molecule has 2 aromatic heterocycles. The van der Waals surface area contributed by atoms with Gasteiger partial charge in [-0.3, -0.25) is 14.5 Å². The summed E-state index contributed by atoms with van der Waals surface area (Å²) in [4.78, 5) is 17.1. The van der Waals surface area contributed by atoms with Crippen molar-refractivity contribution in [3.8, 4) is 0 Å². The molecule has 98 valence electrons. The van der Waals surface area contributed by atoms with Crippen molar-refractivity contribution in [1.29, 1.82) is 0 Å². The fourth-order valence-corrected chi connectivity index (χ4v) is 2.89. The van der Waals surface area contributed by atoms with Gasteiger partial charge in [0.25, 0.3) is 0 Å². The third-order valence-electron chi connectivity index (χ3n) is 3.79. The smallest absolute Gasteiger partial charge is 0.175 e. The van der Waals surface area contributed by atoms with Crippen LogP contribution < -0.4 is 0 Å². The molecule has 2 heterocycles. The van der Waals surface area contributed by atoms with Crippen LogP contribution in [0.5, 0.6) is 0 Å². The van der Waals surface area contributed by atoms with Gasteiger partial charge in [-0.2, -0.15) is 5.10 Å². The van der Waals surface area contributed by atoms with Crippen LogP contribution in [0.15, 0.2) is 24.5 Å². The van der Waals surface area contributed by atoms with E-state index in [-0.39, 0.29) is 11.7 Å². The molecule has 0 bridgehead atoms. The van der Waals surface area contributed by atoms with Crippen molar-refractivity contribution < 1.29 is 4.79 Å². The van der Waals surface area contributed by atoms with Crippen LogP contribution in [-0.4, -0.2) is 20.5 Å². The van der Waals surface area contributed by atoms with Crippen LogP contribution in [0.3, 0.4) is 0 Å². The molecule has 1 atom stereocenters. The summed E-state index contributed by atoms with van der Waals surface area (Å²) >= 11 is 0. The van der Waals surface area contributed by atoms with Crippen molar-refractivity contribution in [1.82, 2.24) is 14.8 Å². The van der Waals surface area contributed by atoms with E-state index in [1.807, 2.05) is 26.2 Å². The zero-order valence-electron chi connectivity index (χ0n) is 11.3. The van der Waals surface area contributed by atoms with E-state index in [1.54, 1.807) is 10.9 Å². The monoisotopic (exact) mass is 255 g/mol. The number of ketones is 1. The van der Waals surface area contributed by atoms with Crippen LogP contribution in [0.25, 0.3) is 0 Å². The van der Waals surface area contributed by atoms with Crippen LogP contribution in [0.1, 0.15) is 46.1 Å². The Morgan fingerprint density at radius 2 is 2.32 bits per heavy atom. The summed E-state index contributed by atoms with van der Waals surface area (Å²) in [5.74, 6) is 0.0538. The Balaban J connectivity index is 2.00. The lowest BCUT2D eigenvalue weighted by Gasteiger charge is -2.22. The average Bonchev–Trinajstić information content (AvgIpc) is 2.76. The van der Waals surface area contributed by atoms with Crippen LogP contribution in [-0.2, 0) is 13.5 Å². The molecule has 0 radical (unpaired) electrons. The van der Waals surface area contributed by atoms with E-state index in [1.165, 1.54) is 5.56 Å². The highest BCUT2D eigenvalue weighted by Gasteiger charge is 2.29. The first kappa shape index (κ1) is 12.1. The predicted molar refractivity (Wildman–Crippen MR) is 72.2 cm³/mol. The molecule has 1 aliphatic rings. The minimum Gasteiger partial charge on any atom is -0.293 e. The average molecular weight is 255 g/mol. The highest BCUT2D eigenvalue weighted by Crippen LogP contribution is 2.32. The molecule has 1 aliphatic carbocycles. The first-order valence-corrected chi connectivity index (χ1v) is 6.65. The van der Waals surface area contributed by atoms with Gasteiger partial charge in [0.2, 0.25) is 0 Å². The molecule has 3 rings (SSSR count). The Labute approximate surface area is 112 Å². The highest BCUT2D eigenvalue weighted by atomic mass is 16.1. The lowest BCUT2D eigenvalue weighted by Crippen LogP contribution is -2.20. The van der Waals surface area contributed by atoms with E-state index < -0.39 is 0 Å². The van der Waals surface area contributed by atoms with Gasteiger partial charge >= 0.3 is 0 Å². The summed E-state index contributed by atoms with van der Waals surface area (Å²) < 4.78 is 1.70. The maximum Gasteiger partial charge on any atom is 0.175 e. The van der Waals surface area contributed by atoms with Gasteiger partial charge in [0, 0.05) is 19.4 Å². The molecule has 19 heavy (non-hydrogen) atoms. The van der Waals surface area contributed by atoms with Gasteiger partial charge in [0.15, 0.2) is 5.78 Å². The fourth-order valence-electron chi connectivity index (χ4n) is 2.89. The Kier molecular flexibility index (Phi) is 2.93. The number of carbonyl (C=O) groups excluding carboxylic acids is 1. The zero-order chi connectivity index (χ0) is 13.4. The van der Waals surface area contributed by atoms with Crippen molar-refractivity contribution >= 4 is 5.78 Å². The van der Waals surface area contributed by atoms with E-state index in [9.17, 15) is 4.79 Å². The largest absolute Gasteiger partial charge is 0.293 e. The highest BCUT2D eigenvalue weighted by molar-refractivity contribution is 6.01. The predicted octanol–water partition coefficient (Wildman–Crippen LogP) is 2.43. The number of aryl methyl sites for hydroxylation is 3. The number of hydrogen-bond acceptors (Lipinski definition) is 3. The standard InChI is InChI=1S/C15H17N3O/c1-10-13(9-18(2)17-10)15(19)12-7-3-5-11-6-4-8-16-14(11)12/h4,6,8-9,12H,3,5,7H2,1-2H3. The summed E-state index contributed by atoms with van der Waals surface area (Å²) in [6, 6.07) is 4.03. The van der Waals surface area contributed by atoms with E-state index in [0.29, 0.717) is 0 Å². The molecule has 0 fully saturated rings. The number of hydrogen-bond donors (Lipinski definition) is 0. The molecule has 0 amide bonds. The lowest BCUT2D eigenvalue weighted by atomic mass is 9.82. The SMILES string of the molecule is Cc1nn(C)cc1C(=O)C1CCCc2cccnc21. The zero-order valence-corrected chi connectivity index (χ0v) is 11.3. The van der Waals surface area contributed by atoms with E-state index in [2.05, 4.69) is 16.1 Å². The number of pyridine rings is 1. The Morgan fingerprint density at radius 3 is 3.05 bits per heavy atom. The molecular weight excluding hydrogens is 238 g/mol. The molecule has 0 saturated carbocycles. The summed E-state index contributed by atoms with van der Waals surface area (Å²) in [6.07, 6.45) is 6.56. The number of carbonyl (C=O) groups is 1. The molecule has 0 saturated heterocycles. The van der Waals surface area contributed by atoms with Crippen LogP contribution in [0, 0.1) is 6.92 Å². The second-order valence-electron chi connectivity index (χ2n) is 5.16. The molecule has 4 nitrogen and oxygen atoms in total. The van der Waals surface area contributed by atoms with Crippen molar-refractivity contribution in [2.45, 2.75) is 32.1 Å². The summed E-state index contributed by atoms with van der Waals surface area (Å²) in [5.41, 5.74) is 3.71. The van der Waals surface area contributed by atoms with Crippen LogP contribution in [0.4, 0.5) is 0 Å². The van der Waals surface area contributed by atoms with Gasteiger partial charge in [0.1, 0.15) is 0 Å². The Morgan fingerprint density at radius 1 is 1.47 bits per heavy atom. The fraction of sp³-hybridized carbons (Fsp3) is 0.400. The maximum atomic E-state index is 12.7. The lowest BCUT2D eigenvalue weighted by molar-refractivity contribution is 0.0948. The van der Waals surface area contributed by atoms with Crippen molar-refractivity contribution in [2.75, 3.05) is 0 Å². The van der Waals surface area contributed by atoms with Gasteiger partial charge in [-0.1, -0.05) is 6.07 Å². The number of fused-ring (bicyclic) bond motifs is 1. The third-order valence-corrected chi connectivity index (χ3v) is 3.79. The quantitative estimate of drug-likeness (QED) is 0.774. The number of aromatic nitrogens is 3. The summed E-state index contributed by atoms with van der Waals surface area (Å²) in [7, 11) is 1.84. The van der Waals surface area contributed by atoms with Crippen molar-refractivity contribution in [2.24, 2.45) is 7.05 Å². The Bertz CT molecular complexity index is 630. The second kappa shape index (κ2) is 4.61. The second-order valence-corrected chi connectivity index (χ2v) is 5.16. The molecule has 0 aromatic carbocycles. The Hall–Kier alpha value is -1.97. The first-order valence-electron chi connectivity index (χ1n) is 6.65.